The number of ether oxygens (including phenoxy) is 1. The van der Waals surface area contributed by atoms with Gasteiger partial charge in [0.1, 0.15) is 0 Å². The van der Waals surface area contributed by atoms with Crippen LogP contribution in [-0.4, -0.2) is 48.4 Å². The Morgan fingerprint density at radius 2 is 1.90 bits per heavy atom. The lowest BCUT2D eigenvalue weighted by atomic mass is 10.1. The number of hydroxylamine groups is 2. The number of hydrogen-bond acceptors (Lipinski definition) is 5. The van der Waals surface area contributed by atoms with E-state index in [-0.39, 0.29) is 26.4 Å². The van der Waals surface area contributed by atoms with E-state index in [9.17, 15) is 9.59 Å². The summed E-state index contributed by atoms with van der Waals surface area (Å²) in [7, 11) is 0. The first kappa shape index (κ1) is 16.6. The van der Waals surface area contributed by atoms with Gasteiger partial charge >= 0.3 is 0 Å². The maximum Gasteiger partial charge on any atom is 0.285 e. The summed E-state index contributed by atoms with van der Waals surface area (Å²) in [4.78, 5) is 29.3. The smallest absolute Gasteiger partial charge is 0.285 e. The van der Waals surface area contributed by atoms with Gasteiger partial charge in [0, 0.05) is 5.57 Å². The third-order valence-corrected chi connectivity index (χ3v) is 2.74. The summed E-state index contributed by atoms with van der Waals surface area (Å²) in [5.74, 6) is -0.839. The molecule has 0 radical (unpaired) electrons. The molecule has 1 aliphatic rings. The second kappa shape index (κ2) is 8.63. The summed E-state index contributed by atoms with van der Waals surface area (Å²) in [6.45, 7) is 4.20. The Bertz CT molecular complexity index is 414. The molecule has 0 spiro atoms. The molecule has 2 amide bonds. The highest BCUT2D eigenvalue weighted by molar-refractivity contribution is 6.19. The van der Waals surface area contributed by atoms with Gasteiger partial charge in [0.15, 0.2) is 0 Å². The van der Waals surface area contributed by atoms with Crippen LogP contribution < -0.4 is 0 Å². The van der Waals surface area contributed by atoms with E-state index in [1.54, 1.807) is 6.08 Å². The highest BCUT2D eigenvalue weighted by atomic mass is 16.7. The monoisotopic (exact) mass is 283 g/mol. The summed E-state index contributed by atoms with van der Waals surface area (Å²) in [6, 6.07) is 0. The third-order valence-electron chi connectivity index (χ3n) is 2.74. The molecule has 0 atom stereocenters. The minimum Gasteiger partial charge on any atom is -0.394 e. The number of imide groups is 1. The zero-order valence-electron chi connectivity index (χ0n) is 11.9. The molecule has 1 N–H and O–H groups in total. The minimum atomic E-state index is -0.432. The summed E-state index contributed by atoms with van der Waals surface area (Å²) < 4.78 is 5.01. The number of carbonyl (C=O) groups is 2. The van der Waals surface area contributed by atoms with Gasteiger partial charge in [-0.3, -0.25) is 14.4 Å². The average molecular weight is 283 g/mol. The van der Waals surface area contributed by atoms with E-state index in [1.807, 2.05) is 19.9 Å². The van der Waals surface area contributed by atoms with Crippen molar-refractivity contribution in [1.29, 1.82) is 0 Å². The molecule has 0 aromatic heterocycles. The van der Waals surface area contributed by atoms with Crippen LogP contribution in [0.3, 0.4) is 0 Å². The molecule has 112 valence electrons. The molecule has 0 saturated heterocycles. The van der Waals surface area contributed by atoms with Crippen molar-refractivity contribution < 1.29 is 24.3 Å². The molecule has 0 saturated carbocycles. The topological polar surface area (TPSA) is 76.1 Å². The van der Waals surface area contributed by atoms with Gasteiger partial charge in [0.05, 0.1) is 32.0 Å². The van der Waals surface area contributed by atoms with Gasteiger partial charge in [0.2, 0.25) is 0 Å². The second-order valence-electron chi connectivity index (χ2n) is 4.13. The van der Waals surface area contributed by atoms with Crippen LogP contribution in [0.5, 0.6) is 0 Å². The maximum atomic E-state index is 12.1. The fraction of sp³-hybridized carbons (Fsp3) is 0.571. The molecule has 0 aliphatic carbocycles. The first-order chi connectivity index (χ1) is 9.67. The maximum absolute atomic E-state index is 12.1. The summed E-state index contributed by atoms with van der Waals surface area (Å²) in [5.41, 5.74) is 0.867. The van der Waals surface area contributed by atoms with Crippen molar-refractivity contribution >= 4 is 11.8 Å². The highest BCUT2D eigenvalue weighted by Crippen LogP contribution is 2.24. The lowest BCUT2D eigenvalue weighted by Crippen LogP contribution is -2.33. The minimum absolute atomic E-state index is 0.0743. The number of aliphatic hydroxyl groups excluding tert-OH is 1. The van der Waals surface area contributed by atoms with Crippen LogP contribution in [0.25, 0.3) is 0 Å². The van der Waals surface area contributed by atoms with Crippen LogP contribution in [0, 0.1) is 0 Å². The van der Waals surface area contributed by atoms with Gasteiger partial charge in [-0.25, -0.2) is 0 Å². The van der Waals surface area contributed by atoms with Crippen LogP contribution in [0.15, 0.2) is 23.3 Å². The van der Waals surface area contributed by atoms with Crippen molar-refractivity contribution in [2.75, 3.05) is 26.4 Å². The van der Waals surface area contributed by atoms with Gasteiger partial charge in [-0.1, -0.05) is 26.0 Å². The highest BCUT2D eigenvalue weighted by Gasteiger charge is 2.37. The summed E-state index contributed by atoms with van der Waals surface area (Å²) in [5, 5.41) is 9.33. The molecule has 6 heteroatoms. The Labute approximate surface area is 118 Å². The van der Waals surface area contributed by atoms with Gasteiger partial charge < -0.3 is 9.84 Å². The zero-order valence-corrected chi connectivity index (χ0v) is 11.9. The Morgan fingerprint density at radius 1 is 1.15 bits per heavy atom. The largest absolute Gasteiger partial charge is 0.394 e. The summed E-state index contributed by atoms with van der Waals surface area (Å²) >= 11 is 0. The van der Waals surface area contributed by atoms with Crippen molar-refractivity contribution in [2.24, 2.45) is 0 Å². The van der Waals surface area contributed by atoms with Crippen LogP contribution >= 0.6 is 0 Å². The lowest BCUT2D eigenvalue weighted by Gasteiger charge is -2.14. The average Bonchev–Trinajstić information content (AvgIpc) is 2.67. The first-order valence-corrected chi connectivity index (χ1v) is 6.77. The first-order valence-electron chi connectivity index (χ1n) is 6.77. The molecule has 1 heterocycles. The lowest BCUT2D eigenvalue weighted by molar-refractivity contribution is -0.189. The number of hydrogen-bond donors (Lipinski definition) is 1. The molecule has 1 aliphatic heterocycles. The predicted molar refractivity (Wildman–Crippen MR) is 72.5 cm³/mol. The quantitative estimate of drug-likeness (QED) is 0.504. The van der Waals surface area contributed by atoms with Crippen LogP contribution in [0.2, 0.25) is 0 Å². The SMILES string of the molecule is CC/C=C\C1=C(CC)C(=O)N(OCCOCCO)C1=O. The van der Waals surface area contributed by atoms with Crippen molar-refractivity contribution in [2.45, 2.75) is 26.7 Å². The molecule has 20 heavy (non-hydrogen) atoms. The molecule has 0 aromatic carbocycles. The normalized spacial score (nSPS) is 16.1. The Kier molecular flexibility index (Phi) is 7.14. The Morgan fingerprint density at radius 3 is 2.50 bits per heavy atom. The number of nitrogens with zero attached hydrogens (tertiary/aromatic N) is 1. The van der Waals surface area contributed by atoms with Crippen LogP contribution in [0.1, 0.15) is 26.7 Å². The van der Waals surface area contributed by atoms with Crippen molar-refractivity contribution in [3.63, 3.8) is 0 Å². The fourth-order valence-corrected chi connectivity index (χ4v) is 1.79. The number of rotatable bonds is 9. The van der Waals surface area contributed by atoms with E-state index >= 15 is 0 Å². The summed E-state index contributed by atoms with van der Waals surface area (Å²) in [6.07, 6.45) is 4.78. The molecule has 0 bridgehead atoms. The zero-order chi connectivity index (χ0) is 15.0. The molecule has 1 rings (SSSR count). The van der Waals surface area contributed by atoms with E-state index in [0.29, 0.717) is 17.6 Å². The number of allylic oxidation sites excluding steroid dienone is 1. The van der Waals surface area contributed by atoms with Crippen molar-refractivity contribution in [3.8, 4) is 0 Å². The van der Waals surface area contributed by atoms with E-state index in [2.05, 4.69) is 0 Å². The van der Waals surface area contributed by atoms with E-state index in [1.165, 1.54) is 0 Å². The van der Waals surface area contributed by atoms with Crippen LogP contribution in [0.4, 0.5) is 0 Å². The molecular weight excluding hydrogens is 262 g/mol. The standard InChI is InChI=1S/C14H21NO5/c1-3-5-6-12-11(4-2)13(17)15(14(12)18)20-10-9-19-8-7-16/h5-6,16H,3-4,7-10H2,1-2H3/b6-5-. The fourth-order valence-electron chi connectivity index (χ4n) is 1.79. The Hall–Kier alpha value is -1.50. The molecule has 0 fully saturated rings. The van der Waals surface area contributed by atoms with E-state index < -0.39 is 11.8 Å². The molecule has 0 aromatic rings. The Balaban J connectivity index is 2.62. The van der Waals surface area contributed by atoms with Crippen molar-refractivity contribution in [3.05, 3.63) is 23.3 Å². The van der Waals surface area contributed by atoms with Gasteiger partial charge in [-0.2, -0.15) is 0 Å². The molecule has 6 nitrogen and oxygen atoms in total. The van der Waals surface area contributed by atoms with Gasteiger partial charge in [0.25, 0.3) is 11.8 Å². The van der Waals surface area contributed by atoms with E-state index in [0.717, 1.165) is 11.5 Å². The van der Waals surface area contributed by atoms with Gasteiger partial charge in [-0.15, -0.1) is 5.06 Å². The van der Waals surface area contributed by atoms with Crippen molar-refractivity contribution in [1.82, 2.24) is 5.06 Å². The third kappa shape index (κ3) is 4.00. The number of amides is 2. The second-order valence-corrected chi connectivity index (χ2v) is 4.13. The number of aliphatic hydroxyl groups is 1. The van der Waals surface area contributed by atoms with Crippen LogP contribution in [-0.2, 0) is 19.2 Å². The predicted octanol–water partition coefficient (Wildman–Crippen LogP) is 0.968. The van der Waals surface area contributed by atoms with E-state index in [4.69, 9.17) is 14.7 Å². The molecular formula is C14H21NO5. The number of carbonyl (C=O) groups excluding carboxylic acids is 2. The van der Waals surface area contributed by atoms with Gasteiger partial charge in [-0.05, 0) is 12.8 Å². The molecule has 0 unspecified atom stereocenters.